The van der Waals surface area contributed by atoms with E-state index in [2.05, 4.69) is 15.6 Å². The molecule has 1 aromatic heterocycles. The highest BCUT2D eigenvalue weighted by atomic mass is 19.3. The van der Waals surface area contributed by atoms with Gasteiger partial charge < -0.3 is 22.1 Å². The summed E-state index contributed by atoms with van der Waals surface area (Å²) in [6, 6.07) is 0.687. The number of carbonyl (C=O) groups excluding carboxylic acids is 1. The molecule has 11 heteroatoms. The zero-order valence-electron chi connectivity index (χ0n) is 15.0. The second-order valence-corrected chi connectivity index (χ2v) is 6.79. The number of benzene rings is 1. The number of amides is 1. The molecule has 2 aromatic rings. The normalized spacial score (nSPS) is 20.9. The van der Waals surface area contributed by atoms with Gasteiger partial charge in [-0.1, -0.05) is 0 Å². The van der Waals surface area contributed by atoms with Crippen LogP contribution in [0, 0.1) is 17.5 Å². The summed E-state index contributed by atoms with van der Waals surface area (Å²) in [5, 5.41) is 5.03. The Labute approximate surface area is 162 Å². The lowest BCUT2D eigenvalue weighted by Gasteiger charge is -2.36. The van der Waals surface area contributed by atoms with E-state index in [0.717, 1.165) is 18.2 Å². The average molecular weight is 415 g/mol. The maximum atomic E-state index is 14.4. The third-order valence-electron chi connectivity index (χ3n) is 4.64. The quantitative estimate of drug-likeness (QED) is 0.561. The van der Waals surface area contributed by atoms with Crippen LogP contribution >= 0.6 is 0 Å². The molecule has 0 radical (unpaired) electrons. The predicted molar refractivity (Wildman–Crippen MR) is 96.5 cm³/mol. The molecule has 0 bridgehead atoms. The smallest absolute Gasteiger partial charge is 0.264 e. The van der Waals surface area contributed by atoms with Gasteiger partial charge in [0.25, 0.3) is 11.8 Å². The molecular weight excluding hydrogens is 397 g/mol. The van der Waals surface area contributed by atoms with Crippen LogP contribution in [0.15, 0.2) is 24.3 Å². The number of halogens is 5. The van der Waals surface area contributed by atoms with Crippen molar-refractivity contribution in [3.8, 4) is 0 Å². The van der Waals surface area contributed by atoms with Crippen molar-refractivity contribution in [1.29, 1.82) is 0 Å². The summed E-state index contributed by atoms with van der Waals surface area (Å²) >= 11 is 0. The fourth-order valence-corrected chi connectivity index (χ4v) is 3.17. The Morgan fingerprint density at radius 2 is 1.76 bits per heavy atom. The number of alkyl halides is 2. The Balaban J connectivity index is 1.94. The van der Waals surface area contributed by atoms with Crippen molar-refractivity contribution >= 4 is 23.2 Å². The summed E-state index contributed by atoms with van der Waals surface area (Å²) in [6.07, 6.45) is 0.0567. The van der Waals surface area contributed by atoms with Gasteiger partial charge in [-0.3, -0.25) is 4.79 Å². The Bertz CT molecular complexity index is 919. The summed E-state index contributed by atoms with van der Waals surface area (Å²) in [7, 11) is 0. The van der Waals surface area contributed by atoms with Crippen molar-refractivity contribution in [2.45, 2.75) is 37.3 Å². The zero-order valence-corrected chi connectivity index (χ0v) is 15.0. The number of hydrogen-bond donors (Lipinski definition) is 4. The highest BCUT2D eigenvalue weighted by Crippen LogP contribution is 2.34. The van der Waals surface area contributed by atoms with Crippen molar-refractivity contribution in [1.82, 2.24) is 4.98 Å². The van der Waals surface area contributed by atoms with E-state index in [-0.39, 0.29) is 30.8 Å². The Morgan fingerprint density at radius 3 is 2.38 bits per heavy atom. The van der Waals surface area contributed by atoms with Crippen molar-refractivity contribution < 1.29 is 26.7 Å². The zero-order chi connectivity index (χ0) is 21.3. The van der Waals surface area contributed by atoms with E-state index in [1.165, 1.54) is 0 Å². The highest BCUT2D eigenvalue weighted by Gasteiger charge is 2.45. The predicted octanol–water partition coefficient (Wildman–Crippen LogP) is 3.27. The van der Waals surface area contributed by atoms with Crippen LogP contribution in [-0.4, -0.2) is 28.9 Å². The lowest BCUT2D eigenvalue weighted by Crippen LogP contribution is -2.55. The molecule has 0 saturated heterocycles. The second-order valence-electron chi connectivity index (χ2n) is 6.79. The first-order chi connectivity index (χ1) is 13.6. The van der Waals surface area contributed by atoms with Gasteiger partial charge in [0, 0.05) is 24.2 Å². The third-order valence-corrected chi connectivity index (χ3v) is 4.64. The highest BCUT2D eigenvalue weighted by molar-refractivity contribution is 5.98. The topological polar surface area (TPSA) is 106 Å². The summed E-state index contributed by atoms with van der Waals surface area (Å²) < 4.78 is 68.9. The van der Waals surface area contributed by atoms with E-state index in [1.807, 2.05) is 0 Å². The van der Waals surface area contributed by atoms with Gasteiger partial charge >= 0.3 is 0 Å². The van der Waals surface area contributed by atoms with Crippen molar-refractivity contribution in [2.24, 2.45) is 11.5 Å². The molecule has 2 atom stereocenters. The largest absolute Gasteiger partial charge is 0.365 e. The Hall–Kier alpha value is -2.95. The van der Waals surface area contributed by atoms with Gasteiger partial charge in [-0.05, 0) is 31.0 Å². The number of nitrogens with zero attached hydrogens (tertiary/aromatic N) is 1. The van der Waals surface area contributed by atoms with Crippen LogP contribution in [0.1, 0.15) is 29.6 Å². The summed E-state index contributed by atoms with van der Waals surface area (Å²) in [6.45, 7) is 0. The van der Waals surface area contributed by atoms with Gasteiger partial charge in [0.15, 0.2) is 11.6 Å². The van der Waals surface area contributed by atoms with Crippen LogP contribution in [0.2, 0.25) is 0 Å². The van der Waals surface area contributed by atoms with E-state index in [4.69, 9.17) is 11.5 Å². The molecule has 29 heavy (non-hydrogen) atoms. The molecule has 1 amide bonds. The Morgan fingerprint density at radius 1 is 1.10 bits per heavy atom. The van der Waals surface area contributed by atoms with E-state index in [9.17, 15) is 26.7 Å². The first-order valence-electron chi connectivity index (χ1n) is 8.70. The minimum atomic E-state index is -3.13. The SMILES string of the molecule is NC(=O)c1cc(F)c(N[C@@H]2CCCC(F)(F)[C@@H]2N)nc1Nc1cc(F)cc(F)c1. The molecule has 156 valence electrons. The molecule has 6 N–H and O–H groups in total. The number of rotatable bonds is 5. The number of nitrogens with two attached hydrogens (primary N) is 2. The maximum Gasteiger partial charge on any atom is 0.264 e. The molecule has 1 heterocycles. The molecule has 0 spiro atoms. The standard InChI is InChI=1S/C18H18F5N5O/c19-8-4-9(20)6-10(5-8)26-16-11(15(25)29)7-12(21)17(28-16)27-13-2-1-3-18(22,23)14(13)24/h4-7,13-14H,1-3,24H2,(H2,25,29)(H2,26,27,28)/t13-,14-/m1/s1. The fraction of sp³-hybridized carbons (Fsp3) is 0.333. The number of primary amides is 1. The number of carbonyl (C=O) groups is 1. The first-order valence-corrected chi connectivity index (χ1v) is 8.70. The molecule has 1 aliphatic carbocycles. The molecule has 1 fully saturated rings. The first kappa shape index (κ1) is 20.8. The van der Waals surface area contributed by atoms with Gasteiger partial charge in [-0.2, -0.15) is 0 Å². The molecule has 1 saturated carbocycles. The second kappa shape index (κ2) is 7.82. The van der Waals surface area contributed by atoms with Gasteiger partial charge in [-0.25, -0.2) is 26.9 Å². The van der Waals surface area contributed by atoms with Gasteiger partial charge in [0.1, 0.15) is 17.5 Å². The lowest BCUT2D eigenvalue weighted by molar-refractivity contribution is -0.0555. The van der Waals surface area contributed by atoms with Crippen LogP contribution in [0.25, 0.3) is 0 Å². The molecule has 0 unspecified atom stereocenters. The van der Waals surface area contributed by atoms with Gasteiger partial charge in [-0.15, -0.1) is 0 Å². The van der Waals surface area contributed by atoms with E-state index in [1.54, 1.807) is 0 Å². The van der Waals surface area contributed by atoms with E-state index < -0.39 is 52.7 Å². The van der Waals surface area contributed by atoms with Gasteiger partial charge in [0.2, 0.25) is 0 Å². The maximum absolute atomic E-state index is 14.4. The number of aromatic nitrogens is 1. The minimum Gasteiger partial charge on any atom is -0.365 e. The number of hydrogen-bond acceptors (Lipinski definition) is 5. The molecular formula is C18H18F5N5O. The monoisotopic (exact) mass is 415 g/mol. The third kappa shape index (κ3) is 4.56. The molecule has 1 aromatic carbocycles. The molecule has 0 aliphatic heterocycles. The molecule has 1 aliphatic rings. The van der Waals surface area contributed by atoms with Crippen LogP contribution in [0.5, 0.6) is 0 Å². The number of pyridine rings is 1. The number of anilines is 3. The van der Waals surface area contributed by atoms with E-state index in [0.29, 0.717) is 6.07 Å². The molecule has 3 rings (SSSR count). The number of nitrogens with one attached hydrogen (secondary N) is 2. The summed E-state index contributed by atoms with van der Waals surface area (Å²) in [4.78, 5) is 15.5. The average Bonchev–Trinajstić information content (AvgIpc) is 2.60. The lowest BCUT2D eigenvalue weighted by atomic mass is 9.87. The van der Waals surface area contributed by atoms with Crippen molar-refractivity contribution in [3.05, 3.63) is 47.3 Å². The van der Waals surface area contributed by atoms with Crippen molar-refractivity contribution in [3.63, 3.8) is 0 Å². The van der Waals surface area contributed by atoms with E-state index >= 15 is 0 Å². The van der Waals surface area contributed by atoms with Crippen LogP contribution in [0.4, 0.5) is 39.3 Å². The summed E-state index contributed by atoms with van der Waals surface area (Å²) in [5.41, 5.74) is 10.3. The van der Waals surface area contributed by atoms with Crippen LogP contribution in [0.3, 0.4) is 0 Å². The summed E-state index contributed by atoms with van der Waals surface area (Å²) in [5.74, 6) is -7.75. The van der Waals surface area contributed by atoms with Crippen LogP contribution < -0.4 is 22.1 Å². The minimum absolute atomic E-state index is 0.115. The Kier molecular flexibility index (Phi) is 5.60. The fourth-order valence-electron chi connectivity index (χ4n) is 3.17. The van der Waals surface area contributed by atoms with Crippen molar-refractivity contribution in [2.75, 3.05) is 10.6 Å². The molecule has 6 nitrogen and oxygen atoms in total. The van der Waals surface area contributed by atoms with Crippen LogP contribution in [-0.2, 0) is 0 Å². The van der Waals surface area contributed by atoms with Gasteiger partial charge in [0.05, 0.1) is 11.6 Å².